The molecule has 6 heteroatoms. The average molecular weight is 323 g/mol. The number of benzene rings is 1. The fourth-order valence-corrected chi connectivity index (χ4v) is 2.17. The number of nitrogens with two attached hydrogens (primary N) is 1. The van der Waals surface area contributed by atoms with Gasteiger partial charge in [0.05, 0.1) is 11.8 Å². The van der Waals surface area contributed by atoms with Crippen molar-refractivity contribution in [2.45, 2.75) is 26.4 Å². The third-order valence-corrected chi connectivity index (χ3v) is 3.34. The van der Waals surface area contributed by atoms with Crippen molar-refractivity contribution in [2.75, 3.05) is 13.1 Å². The summed E-state index contributed by atoms with van der Waals surface area (Å²) >= 11 is 0. The van der Waals surface area contributed by atoms with Crippen LogP contribution in [0.1, 0.15) is 29.3 Å². The highest BCUT2D eigenvalue weighted by Crippen LogP contribution is 2.10. The normalized spacial score (nSPS) is 10.1. The average Bonchev–Trinajstić information content (AvgIpc) is 3.00. The maximum atomic E-state index is 12.6. The van der Waals surface area contributed by atoms with Crippen LogP contribution >= 0.6 is 12.4 Å². The van der Waals surface area contributed by atoms with Crippen molar-refractivity contribution >= 4 is 18.3 Å². The zero-order valence-corrected chi connectivity index (χ0v) is 13.6. The second-order valence-corrected chi connectivity index (χ2v) is 4.94. The molecule has 5 nitrogen and oxygen atoms in total. The first-order valence-electron chi connectivity index (χ1n) is 7.30. The number of hydrogen-bond acceptors (Lipinski definition) is 3. The van der Waals surface area contributed by atoms with E-state index in [0.29, 0.717) is 25.2 Å². The number of carbonyl (C=O) groups excluding carboxylic acids is 1. The van der Waals surface area contributed by atoms with Gasteiger partial charge in [0, 0.05) is 25.8 Å². The zero-order valence-electron chi connectivity index (χ0n) is 12.8. The molecule has 0 saturated heterocycles. The third-order valence-electron chi connectivity index (χ3n) is 3.34. The Bertz CT molecular complexity index is 571. The molecule has 0 atom stereocenters. The molecule has 0 radical (unpaired) electrons. The topological polar surface area (TPSA) is 64.2 Å². The molecule has 120 valence electrons. The number of amides is 1. The van der Waals surface area contributed by atoms with Crippen LogP contribution in [0.2, 0.25) is 0 Å². The summed E-state index contributed by atoms with van der Waals surface area (Å²) in [5, 5.41) is 4.17. The molecule has 0 aliphatic heterocycles. The van der Waals surface area contributed by atoms with Gasteiger partial charge in [-0.15, -0.1) is 12.4 Å². The third kappa shape index (κ3) is 4.86. The molecular weight excluding hydrogens is 300 g/mol. The zero-order chi connectivity index (χ0) is 15.1. The number of aryl methyl sites for hydroxylation is 1. The van der Waals surface area contributed by atoms with E-state index in [1.54, 1.807) is 17.1 Å². The van der Waals surface area contributed by atoms with Crippen LogP contribution in [0.4, 0.5) is 0 Å². The molecule has 0 bridgehead atoms. The summed E-state index contributed by atoms with van der Waals surface area (Å²) in [5.74, 6) is 0.00648. The molecule has 1 aromatic carbocycles. The van der Waals surface area contributed by atoms with Gasteiger partial charge in [-0.25, -0.2) is 0 Å². The van der Waals surface area contributed by atoms with Crippen LogP contribution in [0.25, 0.3) is 0 Å². The van der Waals surface area contributed by atoms with Crippen LogP contribution in [0.15, 0.2) is 42.7 Å². The van der Waals surface area contributed by atoms with Crippen LogP contribution in [0, 0.1) is 0 Å². The van der Waals surface area contributed by atoms with Crippen LogP contribution in [0.5, 0.6) is 0 Å². The van der Waals surface area contributed by atoms with Gasteiger partial charge < -0.3 is 10.6 Å². The Labute approximate surface area is 137 Å². The maximum Gasteiger partial charge on any atom is 0.257 e. The summed E-state index contributed by atoms with van der Waals surface area (Å²) in [6.45, 7) is 4.58. The van der Waals surface area contributed by atoms with E-state index < -0.39 is 0 Å². The lowest BCUT2D eigenvalue weighted by atomic mass is 10.2. The van der Waals surface area contributed by atoms with E-state index in [4.69, 9.17) is 5.73 Å². The Kier molecular flexibility index (Phi) is 7.63. The van der Waals surface area contributed by atoms with Gasteiger partial charge in [0.1, 0.15) is 0 Å². The van der Waals surface area contributed by atoms with E-state index >= 15 is 0 Å². The molecule has 1 aromatic heterocycles. The monoisotopic (exact) mass is 322 g/mol. The quantitative estimate of drug-likeness (QED) is 0.850. The summed E-state index contributed by atoms with van der Waals surface area (Å²) < 4.78 is 1.76. The van der Waals surface area contributed by atoms with Crippen molar-refractivity contribution in [1.82, 2.24) is 14.7 Å². The summed E-state index contributed by atoms with van der Waals surface area (Å²) in [7, 11) is 0. The lowest BCUT2D eigenvalue weighted by molar-refractivity contribution is 0.0742. The number of carbonyl (C=O) groups is 1. The van der Waals surface area contributed by atoms with E-state index in [0.717, 1.165) is 18.5 Å². The molecule has 22 heavy (non-hydrogen) atoms. The summed E-state index contributed by atoms with van der Waals surface area (Å²) in [6, 6.07) is 9.99. The van der Waals surface area contributed by atoms with Gasteiger partial charge >= 0.3 is 0 Å². The van der Waals surface area contributed by atoms with E-state index in [-0.39, 0.29) is 18.3 Å². The fraction of sp³-hybridized carbons (Fsp3) is 0.375. The highest BCUT2D eigenvalue weighted by molar-refractivity contribution is 5.93. The molecule has 0 saturated carbocycles. The summed E-state index contributed by atoms with van der Waals surface area (Å²) in [5.41, 5.74) is 7.33. The first-order chi connectivity index (χ1) is 10.2. The van der Waals surface area contributed by atoms with E-state index in [9.17, 15) is 4.79 Å². The number of rotatable bonds is 7. The fourth-order valence-electron chi connectivity index (χ4n) is 2.17. The minimum Gasteiger partial charge on any atom is -0.334 e. The van der Waals surface area contributed by atoms with Gasteiger partial charge in [-0.3, -0.25) is 9.48 Å². The van der Waals surface area contributed by atoms with Crippen molar-refractivity contribution < 1.29 is 4.79 Å². The van der Waals surface area contributed by atoms with Crippen molar-refractivity contribution in [1.29, 1.82) is 0 Å². The van der Waals surface area contributed by atoms with Gasteiger partial charge in [0.2, 0.25) is 0 Å². The number of nitrogens with zero attached hydrogens (tertiary/aromatic N) is 3. The van der Waals surface area contributed by atoms with Crippen molar-refractivity contribution in [3.63, 3.8) is 0 Å². The smallest absolute Gasteiger partial charge is 0.257 e. The second-order valence-electron chi connectivity index (χ2n) is 4.94. The van der Waals surface area contributed by atoms with Crippen LogP contribution in [-0.2, 0) is 13.1 Å². The SMILES string of the molecule is CCn1cc(C(=O)N(CCCN)Cc2ccccc2)cn1.Cl. The number of halogens is 1. The van der Waals surface area contributed by atoms with Gasteiger partial charge in [-0.05, 0) is 25.5 Å². The Morgan fingerprint density at radius 3 is 2.64 bits per heavy atom. The first-order valence-corrected chi connectivity index (χ1v) is 7.30. The number of aromatic nitrogens is 2. The lowest BCUT2D eigenvalue weighted by Gasteiger charge is -2.22. The molecule has 1 amide bonds. The van der Waals surface area contributed by atoms with Crippen molar-refractivity contribution in [2.24, 2.45) is 5.73 Å². The largest absolute Gasteiger partial charge is 0.334 e. The molecule has 1 heterocycles. The molecule has 2 N–H and O–H groups in total. The van der Waals surface area contributed by atoms with Crippen molar-refractivity contribution in [3.8, 4) is 0 Å². The highest BCUT2D eigenvalue weighted by atomic mass is 35.5. The van der Waals surface area contributed by atoms with E-state index in [1.807, 2.05) is 42.2 Å². The van der Waals surface area contributed by atoms with Crippen molar-refractivity contribution in [3.05, 3.63) is 53.9 Å². The minimum atomic E-state index is 0. The molecule has 0 spiro atoms. The Hall–Kier alpha value is -1.85. The van der Waals surface area contributed by atoms with E-state index in [1.165, 1.54) is 0 Å². The predicted molar refractivity (Wildman–Crippen MR) is 90.0 cm³/mol. The second kappa shape index (κ2) is 9.23. The molecule has 0 aliphatic rings. The van der Waals surface area contributed by atoms with E-state index in [2.05, 4.69) is 5.10 Å². The van der Waals surface area contributed by atoms with Crippen LogP contribution < -0.4 is 5.73 Å². The van der Waals surface area contributed by atoms with Gasteiger partial charge in [0.15, 0.2) is 0 Å². The number of hydrogen-bond donors (Lipinski definition) is 1. The Morgan fingerprint density at radius 2 is 2.05 bits per heavy atom. The summed E-state index contributed by atoms with van der Waals surface area (Å²) in [4.78, 5) is 14.4. The van der Waals surface area contributed by atoms with Crippen LogP contribution in [-0.4, -0.2) is 33.7 Å². The maximum absolute atomic E-state index is 12.6. The highest BCUT2D eigenvalue weighted by Gasteiger charge is 2.17. The van der Waals surface area contributed by atoms with Gasteiger partial charge in [-0.2, -0.15) is 5.10 Å². The molecule has 2 aromatic rings. The minimum absolute atomic E-state index is 0. The van der Waals surface area contributed by atoms with Crippen LogP contribution in [0.3, 0.4) is 0 Å². The predicted octanol–water partition coefficient (Wildman–Crippen LogP) is 2.32. The molecule has 2 rings (SSSR count). The summed E-state index contributed by atoms with van der Waals surface area (Å²) in [6.07, 6.45) is 4.22. The first kappa shape index (κ1) is 18.2. The molecular formula is C16H23ClN4O. The Morgan fingerprint density at radius 1 is 1.32 bits per heavy atom. The van der Waals surface area contributed by atoms with Gasteiger partial charge in [-0.1, -0.05) is 30.3 Å². The van der Waals surface area contributed by atoms with Gasteiger partial charge in [0.25, 0.3) is 5.91 Å². The Balaban J connectivity index is 0.00000242. The molecule has 0 unspecified atom stereocenters. The molecule has 0 aliphatic carbocycles. The lowest BCUT2D eigenvalue weighted by Crippen LogP contribution is -2.32. The molecule has 0 fully saturated rings. The standard InChI is InChI=1S/C16H22N4O.ClH/c1-2-20-13-15(11-18-20)16(21)19(10-6-9-17)12-14-7-4-3-5-8-14;/h3-5,7-8,11,13H,2,6,9-10,12,17H2,1H3;1H.